The summed E-state index contributed by atoms with van der Waals surface area (Å²) in [7, 11) is 0. The van der Waals surface area contributed by atoms with Crippen molar-refractivity contribution in [3.8, 4) is 0 Å². The van der Waals surface area contributed by atoms with Crippen molar-refractivity contribution in [2.75, 3.05) is 0 Å². The van der Waals surface area contributed by atoms with Crippen LogP contribution in [0.1, 0.15) is 33.1 Å². The molecule has 0 fully saturated rings. The van der Waals surface area contributed by atoms with Crippen molar-refractivity contribution in [1.82, 2.24) is 5.32 Å². The van der Waals surface area contributed by atoms with Crippen LogP contribution in [0.2, 0.25) is 0 Å². The SMILES string of the molecule is CC(C)CC(=O)N[C@@H](CCC(N)=O)C(=O)O. The molecular weight excluding hydrogens is 212 g/mol. The zero-order valence-electron chi connectivity index (χ0n) is 9.53. The van der Waals surface area contributed by atoms with Crippen LogP contribution in [-0.2, 0) is 14.4 Å². The largest absolute Gasteiger partial charge is 0.480 e. The second kappa shape index (κ2) is 6.81. The van der Waals surface area contributed by atoms with Gasteiger partial charge in [0.05, 0.1) is 0 Å². The van der Waals surface area contributed by atoms with E-state index in [0.717, 1.165) is 0 Å². The molecule has 0 aliphatic carbocycles. The predicted molar refractivity (Wildman–Crippen MR) is 57.4 cm³/mol. The van der Waals surface area contributed by atoms with Gasteiger partial charge in [0.15, 0.2) is 0 Å². The molecule has 0 saturated heterocycles. The number of carboxylic acid groups (broad SMARTS) is 1. The van der Waals surface area contributed by atoms with Crippen LogP contribution in [-0.4, -0.2) is 28.9 Å². The molecule has 0 saturated carbocycles. The van der Waals surface area contributed by atoms with Crippen molar-refractivity contribution >= 4 is 17.8 Å². The van der Waals surface area contributed by atoms with E-state index in [-0.39, 0.29) is 31.1 Å². The number of carbonyl (C=O) groups excluding carboxylic acids is 2. The number of amides is 2. The van der Waals surface area contributed by atoms with E-state index >= 15 is 0 Å². The number of nitrogens with one attached hydrogen (secondary N) is 1. The smallest absolute Gasteiger partial charge is 0.326 e. The number of aliphatic carboxylic acids is 1. The number of rotatable bonds is 7. The fourth-order valence-electron chi connectivity index (χ4n) is 1.17. The summed E-state index contributed by atoms with van der Waals surface area (Å²) in [5.41, 5.74) is 4.91. The number of carboxylic acids is 1. The summed E-state index contributed by atoms with van der Waals surface area (Å²) >= 11 is 0. The molecule has 0 aromatic carbocycles. The third-order valence-corrected chi connectivity index (χ3v) is 1.91. The van der Waals surface area contributed by atoms with Crippen LogP contribution < -0.4 is 11.1 Å². The topological polar surface area (TPSA) is 109 Å². The Kier molecular flexibility index (Phi) is 6.14. The molecule has 0 aromatic rings. The van der Waals surface area contributed by atoms with Crippen LogP contribution in [0.25, 0.3) is 0 Å². The average molecular weight is 230 g/mol. The molecule has 0 unspecified atom stereocenters. The van der Waals surface area contributed by atoms with E-state index < -0.39 is 17.9 Å². The van der Waals surface area contributed by atoms with Crippen molar-refractivity contribution in [2.45, 2.75) is 39.2 Å². The molecule has 0 spiro atoms. The molecule has 6 heteroatoms. The third kappa shape index (κ3) is 6.80. The summed E-state index contributed by atoms with van der Waals surface area (Å²) < 4.78 is 0. The summed E-state index contributed by atoms with van der Waals surface area (Å²) in [6.45, 7) is 3.72. The maximum absolute atomic E-state index is 11.3. The van der Waals surface area contributed by atoms with E-state index in [1.54, 1.807) is 0 Å². The van der Waals surface area contributed by atoms with Crippen molar-refractivity contribution in [3.05, 3.63) is 0 Å². The molecule has 0 aliphatic heterocycles. The highest BCUT2D eigenvalue weighted by Gasteiger charge is 2.20. The van der Waals surface area contributed by atoms with Crippen LogP contribution in [0.3, 0.4) is 0 Å². The van der Waals surface area contributed by atoms with Gasteiger partial charge in [-0.2, -0.15) is 0 Å². The molecule has 4 N–H and O–H groups in total. The average Bonchev–Trinajstić information content (AvgIpc) is 2.09. The summed E-state index contributed by atoms with van der Waals surface area (Å²) in [5.74, 6) is -1.90. The van der Waals surface area contributed by atoms with Crippen LogP contribution >= 0.6 is 0 Å². The molecule has 0 aromatic heterocycles. The van der Waals surface area contributed by atoms with Gasteiger partial charge in [-0.05, 0) is 12.3 Å². The molecule has 16 heavy (non-hydrogen) atoms. The standard InChI is InChI=1S/C10H18N2O4/c1-6(2)5-9(14)12-7(10(15)16)3-4-8(11)13/h6-7H,3-5H2,1-2H3,(H2,11,13)(H,12,14)(H,15,16)/t7-/m0/s1. The Balaban J connectivity index is 4.17. The van der Waals surface area contributed by atoms with Gasteiger partial charge in [-0.3, -0.25) is 9.59 Å². The van der Waals surface area contributed by atoms with E-state index in [4.69, 9.17) is 10.8 Å². The minimum Gasteiger partial charge on any atom is -0.480 e. The fraction of sp³-hybridized carbons (Fsp3) is 0.700. The highest BCUT2D eigenvalue weighted by Crippen LogP contribution is 2.02. The van der Waals surface area contributed by atoms with Crippen molar-refractivity contribution in [2.24, 2.45) is 11.7 Å². The molecule has 1 atom stereocenters. The molecule has 0 rings (SSSR count). The number of nitrogens with two attached hydrogens (primary N) is 1. The first kappa shape index (κ1) is 14.4. The molecule has 6 nitrogen and oxygen atoms in total. The monoisotopic (exact) mass is 230 g/mol. The third-order valence-electron chi connectivity index (χ3n) is 1.91. The fourth-order valence-corrected chi connectivity index (χ4v) is 1.17. The Morgan fingerprint density at radius 1 is 1.31 bits per heavy atom. The van der Waals surface area contributed by atoms with E-state index in [2.05, 4.69) is 5.32 Å². The molecule has 2 amide bonds. The van der Waals surface area contributed by atoms with Gasteiger partial charge in [0, 0.05) is 12.8 Å². The zero-order chi connectivity index (χ0) is 12.7. The van der Waals surface area contributed by atoms with Crippen molar-refractivity contribution in [3.63, 3.8) is 0 Å². The van der Waals surface area contributed by atoms with Gasteiger partial charge in [-0.15, -0.1) is 0 Å². The maximum atomic E-state index is 11.3. The van der Waals surface area contributed by atoms with Crippen LogP contribution in [0.5, 0.6) is 0 Å². The molecule has 0 aliphatic rings. The van der Waals surface area contributed by atoms with Crippen LogP contribution in [0, 0.1) is 5.92 Å². The molecule has 0 heterocycles. The lowest BCUT2D eigenvalue weighted by Gasteiger charge is -2.14. The molecular formula is C10H18N2O4. The summed E-state index contributed by atoms with van der Waals surface area (Å²) in [5, 5.41) is 11.2. The Hall–Kier alpha value is -1.59. The van der Waals surface area contributed by atoms with Gasteiger partial charge < -0.3 is 16.2 Å². The molecule has 92 valence electrons. The number of hydrogen-bond acceptors (Lipinski definition) is 3. The first-order valence-corrected chi connectivity index (χ1v) is 5.13. The van der Waals surface area contributed by atoms with E-state index in [1.807, 2.05) is 13.8 Å². The normalized spacial score (nSPS) is 12.2. The van der Waals surface area contributed by atoms with Gasteiger partial charge in [0.2, 0.25) is 11.8 Å². The Labute approximate surface area is 94.2 Å². The van der Waals surface area contributed by atoms with Gasteiger partial charge in [0.1, 0.15) is 6.04 Å². The quantitative estimate of drug-likeness (QED) is 0.565. The number of hydrogen-bond donors (Lipinski definition) is 3. The minimum absolute atomic E-state index is 0.0223. The second-order valence-corrected chi connectivity index (χ2v) is 4.06. The minimum atomic E-state index is -1.15. The van der Waals surface area contributed by atoms with Crippen molar-refractivity contribution in [1.29, 1.82) is 0 Å². The van der Waals surface area contributed by atoms with E-state index in [0.29, 0.717) is 0 Å². The number of primary amides is 1. The van der Waals surface area contributed by atoms with Gasteiger partial charge in [-0.25, -0.2) is 4.79 Å². The van der Waals surface area contributed by atoms with E-state index in [1.165, 1.54) is 0 Å². The second-order valence-electron chi connectivity index (χ2n) is 4.06. The Morgan fingerprint density at radius 2 is 1.88 bits per heavy atom. The van der Waals surface area contributed by atoms with Gasteiger partial charge in [0.25, 0.3) is 0 Å². The predicted octanol–water partition coefficient (Wildman–Crippen LogP) is -0.133. The first-order chi connectivity index (χ1) is 7.32. The highest BCUT2D eigenvalue weighted by molar-refractivity contribution is 5.84. The Bertz CT molecular complexity index is 276. The number of carbonyl (C=O) groups is 3. The maximum Gasteiger partial charge on any atom is 0.326 e. The summed E-state index contributed by atoms with van der Waals surface area (Å²) in [6.07, 6.45) is 0.230. The lowest BCUT2D eigenvalue weighted by atomic mass is 10.1. The summed E-state index contributed by atoms with van der Waals surface area (Å²) in [4.78, 5) is 32.6. The van der Waals surface area contributed by atoms with Gasteiger partial charge >= 0.3 is 5.97 Å². The van der Waals surface area contributed by atoms with Crippen LogP contribution in [0.15, 0.2) is 0 Å². The first-order valence-electron chi connectivity index (χ1n) is 5.13. The zero-order valence-corrected chi connectivity index (χ0v) is 9.53. The van der Waals surface area contributed by atoms with Crippen LogP contribution in [0.4, 0.5) is 0 Å². The lowest BCUT2D eigenvalue weighted by molar-refractivity contribution is -0.142. The molecule has 0 bridgehead atoms. The molecule has 0 radical (unpaired) electrons. The lowest BCUT2D eigenvalue weighted by Crippen LogP contribution is -2.41. The van der Waals surface area contributed by atoms with Gasteiger partial charge in [-0.1, -0.05) is 13.8 Å². The Morgan fingerprint density at radius 3 is 2.25 bits per heavy atom. The highest BCUT2D eigenvalue weighted by atomic mass is 16.4. The summed E-state index contributed by atoms with van der Waals surface area (Å²) in [6, 6.07) is -1.04. The van der Waals surface area contributed by atoms with Crippen molar-refractivity contribution < 1.29 is 19.5 Å². The van der Waals surface area contributed by atoms with E-state index in [9.17, 15) is 14.4 Å².